The largest absolute Gasteiger partial charge is 0.522 e. The molecule has 1 saturated carbocycles. The average molecular weight is 463 g/mol. The second-order valence-corrected chi connectivity index (χ2v) is 7.37. The molecule has 0 saturated heterocycles. The first kappa shape index (κ1) is 23.0. The summed E-state index contributed by atoms with van der Waals surface area (Å²) in [6.45, 7) is 3.85. The van der Waals surface area contributed by atoms with Gasteiger partial charge in [0.05, 0.1) is 23.4 Å². The predicted molar refractivity (Wildman–Crippen MR) is 103 cm³/mol. The van der Waals surface area contributed by atoms with Gasteiger partial charge in [0, 0.05) is 12.6 Å². The van der Waals surface area contributed by atoms with Crippen LogP contribution in [0.4, 0.5) is 17.6 Å². The highest BCUT2D eigenvalue weighted by molar-refractivity contribution is 6.30. The van der Waals surface area contributed by atoms with Crippen molar-refractivity contribution < 1.29 is 31.8 Å². The van der Waals surface area contributed by atoms with Crippen molar-refractivity contribution in [3.05, 3.63) is 47.5 Å². The number of nitrogens with one attached hydrogen (secondary N) is 1. The van der Waals surface area contributed by atoms with Crippen LogP contribution in [0.1, 0.15) is 31.0 Å². The molecule has 2 aromatic rings. The van der Waals surface area contributed by atoms with Crippen LogP contribution in [0.2, 0.25) is 5.02 Å². The van der Waals surface area contributed by atoms with Gasteiger partial charge < -0.3 is 10.1 Å². The third kappa shape index (κ3) is 6.66. The van der Waals surface area contributed by atoms with Crippen LogP contribution >= 0.6 is 11.6 Å². The van der Waals surface area contributed by atoms with E-state index in [1.165, 1.54) is 16.8 Å². The van der Waals surface area contributed by atoms with E-state index in [0.29, 0.717) is 17.7 Å². The highest BCUT2D eigenvalue weighted by Gasteiger charge is 2.41. The lowest BCUT2D eigenvalue weighted by atomic mass is 9.89. The van der Waals surface area contributed by atoms with E-state index >= 15 is 0 Å². The molecular formula is C19H19ClF4N4O3. The Labute approximate surface area is 180 Å². The zero-order valence-electron chi connectivity index (χ0n) is 16.2. The molecule has 0 aliphatic heterocycles. The molecule has 1 aromatic carbocycles. The van der Waals surface area contributed by atoms with Gasteiger partial charge in [-0.05, 0) is 37.0 Å². The maximum atomic E-state index is 13.3. The number of hydrogen-bond acceptors (Lipinski definition) is 5. The average Bonchev–Trinajstić information content (AvgIpc) is 3.14. The monoisotopic (exact) mass is 462 g/mol. The lowest BCUT2D eigenvalue weighted by Crippen LogP contribution is -2.37. The molecule has 1 heterocycles. The summed E-state index contributed by atoms with van der Waals surface area (Å²) in [5.41, 5.74) is 1.09. The highest BCUT2D eigenvalue weighted by Crippen LogP contribution is 2.37. The second kappa shape index (κ2) is 9.65. The van der Waals surface area contributed by atoms with Gasteiger partial charge in [-0.3, -0.25) is 9.53 Å². The topological polar surface area (TPSA) is 78.3 Å². The molecule has 3 rings (SSSR count). The Morgan fingerprint density at radius 2 is 2.10 bits per heavy atom. The zero-order valence-corrected chi connectivity index (χ0v) is 16.9. The number of carbonyl (C=O) groups is 1. The first-order chi connectivity index (χ1) is 14.6. The van der Waals surface area contributed by atoms with Gasteiger partial charge >= 0.3 is 6.36 Å². The van der Waals surface area contributed by atoms with E-state index in [1.54, 1.807) is 6.20 Å². The molecule has 0 spiro atoms. The summed E-state index contributed by atoms with van der Waals surface area (Å²) in [6, 6.07) is 3.65. The molecule has 31 heavy (non-hydrogen) atoms. The van der Waals surface area contributed by atoms with Crippen LogP contribution in [-0.2, 0) is 9.53 Å². The maximum Gasteiger partial charge on any atom is 0.522 e. The van der Waals surface area contributed by atoms with Crippen molar-refractivity contribution in [3.8, 4) is 5.75 Å². The van der Waals surface area contributed by atoms with Crippen LogP contribution in [0.15, 0.2) is 31.0 Å². The lowest BCUT2D eigenvalue weighted by Gasteiger charge is -2.34. The van der Waals surface area contributed by atoms with Crippen LogP contribution < -0.4 is 10.1 Å². The van der Waals surface area contributed by atoms with Crippen molar-refractivity contribution in [2.45, 2.75) is 37.8 Å². The van der Waals surface area contributed by atoms with Crippen LogP contribution in [0.3, 0.4) is 0 Å². The summed E-state index contributed by atoms with van der Waals surface area (Å²) >= 11 is 5.58. The number of hydrogen-bond donors (Lipinski definition) is 1. The molecule has 0 unspecified atom stereocenters. The molecule has 12 heteroatoms. The van der Waals surface area contributed by atoms with Crippen molar-refractivity contribution in [3.63, 3.8) is 0 Å². The molecule has 1 amide bonds. The van der Waals surface area contributed by atoms with Crippen molar-refractivity contribution in [2.75, 3.05) is 13.2 Å². The standard InChI is InChI=1S/C19H19ClF4N4O3/c1-11(4-5-25-18(29)10-30-13-2-3-15(20)16(21)8-13)17-9-28(27-26-17)12-6-14(7-12)31-19(22,23)24/h2-3,8-9,12,14H,1,4-7,10H2,(H,25,29)/t12-,14-. The van der Waals surface area contributed by atoms with Crippen LogP contribution in [-0.4, -0.2) is 46.5 Å². The van der Waals surface area contributed by atoms with Crippen molar-refractivity contribution in [2.24, 2.45) is 0 Å². The molecule has 1 aliphatic rings. The van der Waals surface area contributed by atoms with Crippen LogP contribution in [0.5, 0.6) is 5.75 Å². The molecule has 168 valence electrons. The smallest absolute Gasteiger partial charge is 0.484 e. The first-order valence-corrected chi connectivity index (χ1v) is 9.67. The molecule has 1 fully saturated rings. The van der Waals surface area contributed by atoms with Gasteiger partial charge in [0.15, 0.2) is 6.61 Å². The fourth-order valence-corrected chi connectivity index (χ4v) is 3.02. The number of amides is 1. The number of alkyl halides is 3. The van der Waals surface area contributed by atoms with Crippen LogP contribution in [0.25, 0.3) is 5.57 Å². The van der Waals surface area contributed by atoms with E-state index in [0.717, 1.165) is 6.07 Å². The lowest BCUT2D eigenvalue weighted by molar-refractivity contribution is -0.353. The van der Waals surface area contributed by atoms with Crippen molar-refractivity contribution in [1.29, 1.82) is 0 Å². The van der Waals surface area contributed by atoms with Crippen molar-refractivity contribution >= 4 is 23.1 Å². The predicted octanol–water partition coefficient (Wildman–Crippen LogP) is 3.91. The highest BCUT2D eigenvalue weighted by atomic mass is 35.5. The van der Waals surface area contributed by atoms with Gasteiger partial charge in [-0.1, -0.05) is 23.4 Å². The summed E-state index contributed by atoms with van der Waals surface area (Å²) in [5, 5.41) is 10.5. The molecule has 0 bridgehead atoms. The maximum absolute atomic E-state index is 13.3. The Morgan fingerprint density at radius 3 is 2.77 bits per heavy atom. The Hall–Kier alpha value is -2.66. The normalized spacial score (nSPS) is 18.4. The fourth-order valence-electron chi connectivity index (χ4n) is 2.90. The Bertz CT molecular complexity index is 944. The third-order valence-electron chi connectivity index (χ3n) is 4.63. The summed E-state index contributed by atoms with van der Waals surface area (Å²) in [6.07, 6.45) is -3.13. The van der Waals surface area contributed by atoms with Gasteiger partial charge in [0.1, 0.15) is 17.3 Å². The van der Waals surface area contributed by atoms with Gasteiger partial charge in [0.25, 0.3) is 5.91 Å². The Morgan fingerprint density at radius 1 is 1.35 bits per heavy atom. The number of benzene rings is 1. The molecule has 0 atom stereocenters. The van der Waals surface area contributed by atoms with Crippen LogP contribution in [0, 0.1) is 5.82 Å². The number of ether oxygens (including phenoxy) is 2. The molecule has 1 N–H and O–H groups in total. The number of halogens is 5. The van der Waals surface area contributed by atoms with E-state index in [-0.39, 0.29) is 42.8 Å². The van der Waals surface area contributed by atoms with Gasteiger partial charge in [0.2, 0.25) is 0 Å². The number of rotatable bonds is 9. The van der Waals surface area contributed by atoms with E-state index in [1.807, 2.05) is 0 Å². The summed E-state index contributed by atoms with van der Waals surface area (Å²) in [7, 11) is 0. The minimum Gasteiger partial charge on any atom is -0.484 e. The fraction of sp³-hybridized carbons (Fsp3) is 0.421. The van der Waals surface area contributed by atoms with Gasteiger partial charge in [-0.2, -0.15) is 0 Å². The zero-order chi connectivity index (χ0) is 22.6. The number of carbonyl (C=O) groups excluding carboxylic acids is 1. The van der Waals surface area contributed by atoms with E-state index in [9.17, 15) is 22.4 Å². The number of nitrogens with zero attached hydrogens (tertiary/aromatic N) is 3. The van der Waals surface area contributed by atoms with Gasteiger partial charge in [-0.15, -0.1) is 18.3 Å². The summed E-state index contributed by atoms with van der Waals surface area (Å²) in [5.74, 6) is -0.872. The molecule has 1 aromatic heterocycles. The minimum atomic E-state index is -4.64. The molecular weight excluding hydrogens is 444 g/mol. The SMILES string of the molecule is C=C(CCNC(=O)COc1ccc(Cl)c(F)c1)c1cn([C@H]2C[C@H](OC(F)(F)F)C2)nn1. The minimum absolute atomic E-state index is 0.0426. The van der Waals surface area contributed by atoms with E-state index in [2.05, 4.69) is 26.9 Å². The molecule has 1 aliphatic carbocycles. The second-order valence-electron chi connectivity index (χ2n) is 6.96. The summed E-state index contributed by atoms with van der Waals surface area (Å²) in [4.78, 5) is 11.8. The molecule has 0 radical (unpaired) electrons. The quantitative estimate of drug-likeness (QED) is 0.572. The third-order valence-corrected chi connectivity index (χ3v) is 4.93. The first-order valence-electron chi connectivity index (χ1n) is 9.30. The van der Waals surface area contributed by atoms with E-state index in [4.69, 9.17) is 16.3 Å². The summed E-state index contributed by atoms with van der Waals surface area (Å²) < 4.78 is 60.5. The number of aromatic nitrogens is 3. The van der Waals surface area contributed by atoms with Gasteiger partial charge in [-0.25, -0.2) is 9.07 Å². The molecule has 7 nitrogen and oxygen atoms in total. The van der Waals surface area contributed by atoms with Crippen molar-refractivity contribution in [1.82, 2.24) is 20.3 Å². The Balaban J connectivity index is 1.36. The Kier molecular flexibility index (Phi) is 7.16. The van der Waals surface area contributed by atoms with E-state index < -0.39 is 24.2 Å².